The number of aryl methyl sites for hydroxylation is 1. The summed E-state index contributed by atoms with van der Waals surface area (Å²) >= 11 is 1.62. The maximum atomic E-state index is 6.11. The summed E-state index contributed by atoms with van der Waals surface area (Å²) in [5.41, 5.74) is 10.6. The van der Waals surface area contributed by atoms with Gasteiger partial charge in [-0.15, -0.1) is 11.3 Å². The quantitative estimate of drug-likeness (QED) is 0.860. The molecule has 2 aromatic rings. The van der Waals surface area contributed by atoms with Crippen molar-refractivity contribution in [3.05, 3.63) is 52.0 Å². The molecule has 0 aliphatic rings. The molecule has 1 atom stereocenters. The monoisotopic (exact) mass is 218 g/mol. The average molecular weight is 218 g/mol. The second-order valence-electron chi connectivity index (χ2n) is 3.64. The standard InChI is InChI=1S/C12H14N2S/c1-9-4-2-3-5-10(9)6-11(13)12-7-14-8-15-12/h2-5,7-8,11H,6,13H2,1H3. The van der Waals surface area contributed by atoms with Crippen molar-refractivity contribution in [3.63, 3.8) is 0 Å². The van der Waals surface area contributed by atoms with Crippen LogP contribution in [-0.2, 0) is 6.42 Å². The zero-order valence-corrected chi connectivity index (χ0v) is 9.50. The molecule has 2 N–H and O–H groups in total. The van der Waals surface area contributed by atoms with Gasteiger partial charge in [0.15, 0.2) is 0 Å². The summed E-state index contributed by atoms with van der Waals surface area (Å²) in [6, 6.07) is 8.43. The van der Waals surface area contributed by atoms with E-state index >= 15 is 0 Å². The third-order valence-electron chi connectivity index (χ3n) is 2.52. The fourth-order valence-corrected chi connectivity index (χ4v) is 2.21. The molecule has 2 rings (SSSR count). The number of thiazole rings is 1. The molecule has 0 aliphatic heterocycles. The molecular weight excluding hydrogens is 204 g/mol. The summed E-state index contributed by atoms with van der Waals surface area (Å²) in [5, 5.41) is 0. The van der Waals surface area contributed by atoms with Gasteiger partial charge < -0.3 is 5.73 Å². The Bertz CT molecular complexity index is 423. The molecular formula is C12H14N2S. The van der Waals surface area contributed by atoms with Crippen LogP contribution in [0.1, 0.15) is 22.0 Å². The van der Waals surface area contributed by atoms with E-state index in [2.05, 4.69) is 36.2 Å². The van der Waals surface area contributed by atoms with Crippen LogP contribution in [0, 0.1) is 6.92 Å². The second kappa shape index (κ2) is 4.55. The Morgan fingerprint density at radius 1 is 1.40 bits per heavy atom. The summed E-state index contributed by atoms with van der Waals surface area (Å²) in [6.07, 6.45) is 2.74. The van der Waals surface area contributed by atoms with Crippen LogP contribution in [0.25, 0.3) is 0 Å². The van der Waals surface area contributed by atoms with E-state index in [0.29, 0.717) is 0 Å². The first-order chi connectivity index (χ1) is 7.27. The topological polar surface area (TPSA) is 38.9 Å². The van der Waals surface area contributed by atoms with E-state index in [1.165, 1.54) is 11.1 Å². The van der Waals surface area contributed by atoms with E-state index in [1.807, 2.05) is 11.7 Å². The molecule has 1 heterocycles. The Hall–Kier alpha value is -1.19. The maximum absolute atomic E-state index is 6.11. The third-order valence-corrected chi connectivity index (χ3v) is 3.43. The number of nitrogens with two attached hydrogens (primary N) is 1. The minimum Gasteiger partial charge on any atom is -0.323 e. The van der Waals surface area contributed by atoms with Gasteiger partial charge in [-0.3, -0.25) is 4.98 Å². The molecule has 0 spiro atoms. The van der Waals surface area contributed by atoms with Gasteiger partial charge in [-0.05, 0) is 24.5 Å². The highest BCUT2D eigenvalue weighted by Crippen LogP contribution is 2.20. The normalized spacial score (nSPS) is 12.7. The van der Waals surface area contributed by atoms with Crippen LogP contribution in [0.4, 0.5) is 0 Å². The lowest BCUT2D eigenvalue weighted by Crippen LogP contribution is -2.12. The van der Waals surface area contributed by atoms with Crippen LogP contribution in [0.2, 0.25) is 0 Å². The molecule has 1 unspecified atom stereocenters. The van der Waals surface area contributed by atoms with Crippen LogP contribution < -0.4 is 5.73 Å². The Kier molecular flexibility index (Phi) is 3.14. The number of rotatable bonds is 3. The van der Waals surface area contributed by atoms with Crippen molar-refractivity contribution in [2.45, 2.75) is 19.4 Å². The van der Waals surface area contributed by atoms with E-state index in [-0.39, 0.29) is 6.04 Å². The highest BCUT2D eigenvalue weighted by Gasteiger charge is 2.09. The Morgan fingerprint density at radius 3 is 2.87 bits per heavy atom. The van der Waals surface area contributed by atoms with Crippen molar-refractivity contribution in [3.8, 4) is 0 Å². The van der Waals surface area contributed by atoms with E-state index in [0.717, 1.165) is 11.3 Å². The van der Waals surface area contributed by atoms with Gasteiger partial charge >= 0.3 is 0 Å². The molecule has 0 bridgehead atoms. The highest BCUT2D eigenvalue weighted by molar-refractivity contribution is 7.09. The first-order valence-corrected chi connectivity index (χ1v) is 5.84. The molecule has 1 aromatic heterocycles. The molecule has 0 radical (unpaired) electrons. The van der Waals surface area contributed by atoms with E-state index in [1.54, 1.807) is 11.3 Å². The predicted octanol–water partition coefficient (Wildman–Crippen LogP) is 2.69. The van der Waals surface area contributed by atoms with Crippen molar-refractivity contribution >= 4 is 11.3 Å². The van der Waals surface area contributed by atoms with Gasteiger partial charge in [0.25, 0.3) is 0 Å². The van der Waals surface area contributed by atoms with Crippen LogP contribution >= 0.6 is 11.3 Å². The SMILES string of the molecule is Cc1ccccc1CC(N)c1cncs1. The molecule has 0 saturated heterocycles. The summed E-state index contributed by atoms with van der Waals surface area (Å²) in [6.45, 7) is 2.12. The summed E-state index contributed by atoms with van der Waals surface area (Å²) in [7, 11) is 0. The molecule has 78 valence electrons. The Morgan fingerprint density at radius 2 is 2.20 bits per heavy atom. The van der Waals surface area contributed by atoms with Crippen molar-refractivity contribution in [2.24, 2.45) is 5.73 Å². The van der Waals surface area contributed by atoms with Crippen molar-refractivity contribution in [1.82, 2.24) is 4.98 Å². The number of benzene rings is 1. The minimum absolute atomic E-state index is 0.0681. The zero-order chi connectivity index (χ0) is 10.7. The van der Waals surface area contributed by atoms with Crippen LogP contribution in [0.5, 0.6) is 0 Å². The van der Waals surface area contributed by atoms with E-state index < -0.39 is 0 Å². The highest BCUT2D eigenvalue weighted by atomic mass is 32.1. The van der Waals surface area contributed by atoms with Crippen LogP contribution in [-0.4, -0.2) is 4.98 Å². The van der Waals surface area contributed by atoms with Crippen molar-refractivity contribution in [2.75, 3.05) is 0 Å². The van der Waals surface area contributed by atoms with Gasteiger partial charge in [-0.25, -0.2) is 0 Å². The fraction of sp³-hybridized carbons (Fsp3) is 0.250. The first kappa shape index (κ1) is 10.3. The fourth-order valence-electron chi connectivity index (χ4n) is 1.59. The minimum atomic E-state index is 0.0681. The summed E-state index contributed by atoms with van der Waals surface area (Å²) in [5.74, 6) is 0. The summed E-state index contributed by atoms with van der Waals surface area (Å²) < 4.78 is 0. The van der Waals surface area contributed by atoms with E-state index in [9.17, 15) is 0 Å². The molecule has 0 amide bonds. The molecule has 0 saturated carbocycles. The van der Waals surface area contributed by atoms with Gasteiger partial charge in [0.1, 0.15) is 0 Å². The zero-order valence-electron chi connectivity index (χ0n) is 8.68. The molecule has 3 heteroatoms. The molecule has 0 aliphatic carbocycles. The van der Waals surface area contributed by atoms with E-state index in [4.69, 9.17) is 5.73 Å². The van der Waals surface area contributed by atoms with Gasteiger partial charge in [0.2, 0.25) is 0 Å². The number of hydrogen-bond donors (Lipinski definition) is 1. The predicted molar refractivity (Wildman–Crippen MR) is 63.9 cm³/mol. The van der Waals surface area contributed by atoms with Crippen molar-refractivity contribution < 1.29 is 0 Å². The molecule has 15 heavy (non-hydrogen) atoms. The lowest BCUT2D eigenvalue weighted by Gasteiger charge is -2.10. The number of hydrogen-bond acceptors (Lipinski definition) is 3. The Balaban J connectivity index is 2.13. The molecule has 2 nitrogen and oxygen atoms in total. The lowest BCUT2D eigenvalue weighted by molar-refractivity contribution is 0.731. The smallest absolute Gasteiger partial charge is 0.0794 e. The van der Waals surface area contributed by atoms with Gasteiger partial charge in [-0.2, -0.15) is 0 Å². The number of aromatic nitrogens is 1. The third kappa shape index (κ3) is 2.43. The lowest BCUT2D eigenvalue weighted by atomic mass is 10.0. The largest absolute Gasteiger partial charge is 0.323 e. The second-order valence-corrected chi connectivity index (χ2v) is 4.56. The van der Waals surface area contributed by atoms with Crippen LogP contribution in [0.15, 0.2) is 36.0 Å². The molecule has 0 fully saturated rings. The Labute approximate surface area is 93.8 Å². The first-order valence-electron chi connectivity index (χ1n) is 4.96. The molecule has 1 aromatic carbocycles. The van der Waals surface area contributed by atoms with Gasteiger partial charge in [0.05, 0.1) is 5.51 Å². The van der Waals surface area contributed by atoms with Crippen LogP contribution in [0.3, 0.4) is 0 Å². The van der Waals surface area contributed by atoms with Gasteiger partial charge in [-0.1, -0.05) is 24.3 Å². The maximum Gasteiger partial charge on any atom is 0.0794 e. The van der Waals surface area contributed by atoms with Gasteiger partial charge in [0, 0.05) is 17.1 Å². The van der Waals surface area contributed by atoms with Crippen molar-refractivity contribution in [1.29, 1.82) is 0 Å². The summed E-state index contributed by atoms with van der Waals surface area (Å²) in [4.78, 5) is 5.20. The number of nitrogens with zero attached hydrogens (tertiary/aromatic N) is 1. The average Bonchev–Trinajstić information content (AvgIpc) is 2.74.